The largest absolute Gasteiger partial charge is 0.497 e. The smallest absolute Gasteiger partial charge is 0.257 e. The minimum atomic E-state index is -0.339. The van der Waals surface area contributed by atoms with Gasteiger partial charge in [-0.25, -0.2) is 0 Å². The summed E-state index contributed by atoms with van der Waals surface area (Å²) in [5, 5.41) is 8.84. The molecular formula is C22H25N3O3S. The third-order valence-electron chi connectivity index (χ3n) is 4.94. The molecule has 0 spiro atoms. The van der Waals surface area contributed by atoms with Gasteiger partial charge in [0.05, 0.1) is 18.4 Å². The van der Waals surface area contributed by atoms with Crippen molar-refractivity contribution in [3.63, 3.8) is 0 Å². The second kappa shape index (κ2) is 10.0. The van der Waals surface area contributed by atoms with E-state index in [2.05, 4.69) is 16.0 Å². The van der Waals surface area contributed by atoms with Gasteiger partial charge in [-0.3, -0.25) is 14.9 Å². The fraction of sp³-hybridized carbons (Fsp3) is 0.318. The first-order valence-corrected chi connectivity index (χ1v) is 10.1. The Labute approximate surface area is 176 Å². The van der Waals surface area contributed by atoms with Crippen molar-refractivity contribution in [2.24, 2.45) is 0 Å². The van der Waals surface area contributed by atoms with E-state index in [4.69, 9.17) is 17.0 Å². The summed E-state index contributed by atoms with van der Waals surface area (Å²) in [5.74, 6) is 0.193. The first-order chi connectivity index (χ1) is 14.1. The second-order valence-corrected chi connectivity index (χ2v) is 7.40. The molecule has 0 unspecified atom stereocenters. The lowest BCUT2D eigenvalue weighted by molar-refractivity contribution is 0.0927. The minimum Gasteiger partial charge on any atom is -0.497 e. The van der Waals surface area contributed by atoms with Gasteiger partial charge in [-0.2, -0.15) is 0 Å². The monoisotopic (exact) mass is 411 g/mol. The van der Waals surface area contributed by atoms with Gasteiger partial charge in [0.25, 0.3) is 11.8 Å². The van der Waals surface area contributed by atoms with Crippen LogP contribution in [0.5, 0.6) is 5.75 Å². The number of anilines is 1. The third-order valence-corrected chi connectivity index (χ3v) is 5.14. The molecule has 2 aromatic rings. The van der Waals surface area contributed by atoms with Gasteiger partial charge in [-0.1, -0.05) is 31.4 Å². The number of nitrogens with one attached hydrogen (secondary N) is 3. The topological polar surface area (TPSA) is 79.5 Å². The lowest BCUT2D eigenvalue weighted by Gasteiger charge is -2.23. The average molecular weight is 412 g/mol. The molecule has 1 fully saturated rings. The number of hydrogen-bond acceptors (Lipinski definition) is 4. The molecule has 3 N–H and O–H groups in total. The van der Waals surface area contributed by atoms with E-state index in [-0.39, 0.29) is 23.0 Å². The Balaban J connectivity index is 1.62. The molecule has 3 rings (SSSR count). The van der Waals surface area contributed by atoms with Crippen LogP contribution in [0, 0.1) is 0 Å². The number of hydrogen-bond donors (Lipinski definition) is 3. The Morgan fingerprint density at radius 2 is 1.66 bits per heavy atom. The fourth-order valence-corrected chi connectivity index (χ4v) is 3.57. The van der Waals surface area contributed by atoms with Crippen molar-refractivity contribution in [2.75, 3.05) is 12.4 Å². The molecule has 1 aliphatic carbocycles. The number of para-hydroxylation sites is 1. The van der Waals surface area contributed by atoms with Gasteiger partial charge in [-0.15, -0.1) is 0 Å². The van der Waals surface area contributed by atoms with Gasteiger partial charge < -0.3 is 15.4 Å². The molecule has 1 saturated carbocycles. The van der Waals surface area contributed by atoms with Crippen LogP contribution in [-0.2, 0) is 0 Å². The van der Waals surface area contributed by atoms with Crippen molar-refractivity contribution in [2.45, 2.75) is 38.1 Å². The zero-order valence-corrected chi connectivity index (χ0v) is 17.2. The lowest BCUT2D eigenvalue weighted by atomic mass is 9.95. The zero-order chi connectivity index (χ0) is 20.6. The molecule has 0 saturated heterocycles. The second-order valence-electron chi connectivity index (χ2n) is 6.99. The summed E-state index contributed by atoms with van der Waals surface area (Å²) >= 11 is 5.27. The molecule has 152 valence electrons. The van der Waals surface area contributed by atoms with Crippen molar-refractivity contribution in [1.82, 2.24) is 10.6 Å². The number of benzene rings is 2. The maximum atomic E-state index is 12.7. The molecule has 6 nitrogen and oxygen atoms in total. The Morgan fingerprint density at radius 1 is 0.966 bits per heavy atom. The Morgan fingerprint density at radius 3 is 2.34 bits per heavy atom. The van der Waals surface area contributed by atoms with Crippen molar-refractivity contribution >= 4 is 34.8 Å². The number of methoxy groups -OCH3 is 1. The van der Waals surface area contributed by atoms with E-state index in [9.17, 15) is 9.59 Å². The molecule has 0 atom stereocenters. The summed E-state index contributed by atoms with van der Waals surface area (Å²) < 4.78 is 5.09. The normalized spacial score (nSPS) is 14.0. The molecular weight excluding hydrogens is 386 g/mol. The van der Waals surface area contributed by atoms with E-state index >= 15 is 0 Å². The number of ether oxygens (including phenoxy) is 1. The summed E-state index contributed by atoms with van der Waals surface area (Å²) in [6.45, 7) is 0. The number of carbonyl (C=O) groups excluding carboxylic acids is 2. The predicted molar refractivity (Wildman–Crippen MR) is 117 cm³/mol. The van der Waals surface area contributed by atoms with Crippen LogP contribution in [0.15, 0.2) is 48.5 Å². The molecule has 29 heavy (non-hydrogen) atoms. The van der Waals surface area contributed by atoms with Gasteiger partial charge >= 0.3 is 0 Å². The summed E-state index contributed by atoms with van der Waals surface area (Å²) in [4.78, 5) is 25.1. The van der Waals surface area contributed by atoms with E-state index in [1.54, 1.807) is 49.6 Å². The quantitative estimate of drug-likeness (QED) is 0.651. The summed E-state index contributed by atoms with van der Waals surface area (Å²) in [6, 6.07) is 14.1. The Hall–Kier alpha value is -2.93. The van der Waals surface area contributed by atoms with Crippen LogP contribution in [0.25, 0.3) is 0 Å². The highest BCUT2D eigenvalue weighted by molar-refractivity contribution is 7.80. The Bertz CT molecular complexity index is 877. The molecule has 7 heteroatoms. The maximum Gasteiger partial charge on any atom is 0.257 e. The molecule has 0 bridgehead atoms. The van der Waals surface area contributed by atoms with Crippen molar-refractivity contribution in [3.05, 3.63) is 59.7 Å². The van der Waals surface area contributed by atoms with Crippen LogP contribution >= 0.6 is 12.2 Å². The molecule has 0 heterocycles. The van der Waals surface area contributed by atoms with E-state index in [1.807, 2.05) is 6.07 Å². The van der Waals surface area contributed by atoms with Gasteiger partial charge in [-0.05, 0) is 61.5 Å². The van der Waals surface area contributed by atoms with Gasteiger partial charge in [0, 0.05) is 11.6 Å². The van der Waals surface area contributed by atoms with E-state index in [0.717, 1.165) is 25.7 Å². The van der Waals surface area contributed by atoms with Crippen LogP contribution in [-0.4, -0.2) is 30.1 Å². The summed E-state index contributed by atoms with van der Waals surface area (Å²) in [6.07, 6.45) is 5.54. The van der Waals surface area contributed by atoms with Crippen LogP contribution in [0.4, 0.5) is 5.69 Å². The van der Waals surface area contributed by atoms with Crippen LogP contribution in [0.1, 0.15) is 52.8 Å². The van der Waals surface area contributed by atoms with Crippen molar-refractivity contribution < 1.29 is 14.3 Å². The molecule has 0 aliphatic heterocycles. The highest BCUT2D eigenvalue weighted by Gasteiger charge is 2.19. The third kappa shape index (κ3) is 5.77. The molecule has 0 radical (unpaired) electrons. The molecule has 1 aliphatic rings. The zero-order valence-electron chi connectivity index (χ0n) is 16.4. The predicted octanol–water partition coefficient (Wildman–Crippen LogP) is 3.88. The average Bonchev–Trinajstić information content (AvgIpc) is 2.74. The van der Waals surface area contributed by atoms with E-state index in [0.29, 0.717) is 22.6 Å². The molecule has 2 aromatic carbocycles. The van der Waals surface area contributed by atoms with E-state index in [1.165, 1.54) is 6.42 Å². The molecule has 2 amide bonds. The summed E-state index contributed by atoms with van der Waals surface area (Å²) in [5.41, 5.74) is 1.51. The standard InChI is InChI=1S/C22H25N3O3S/c1-28-17-13-11-15(12-14-17)20(26)25-22(29)24-19-10-6-5-9-18(19)21(27)23-16-7-3-2-4-8-16/h5-6,9-14,16H,2-4,7-8H2,1H3,(H,23,27)(H2,24,25,26,29). The number of thiocarbonyl (C=S) groups is 1. The first-order valence-electron chi connectivity index (χ1n) is 9.73. The highest BCUT2D eigenvalue weighted by Crippen LogP contribution is 2.20. The summed E-state index contributed by atoms with van der Waals surface area (Å²) in [7, 11) is 1.57. The van der Waals surface area contributed by atoms with Crippen molar-refractivity contribution in [3.8, 4) is 5.75 Å². The minimum absolute atomic E-state index is 0.128. The number of carbonyl (C=O) groups is 2. The lowest BCUT2D eigenvalue weighted by Crippen LogP contribution is -2.37. The van der Waals surface area contributed by atoms with Crippen molar-refractivity contribution in [1.29, 1.82) is 0 Å². The van der Waals surface area contributed by atoms with Crippen LogP contribution < -0.4 is 20.7 Å². The van der Waals surface area contributed by atoms with Gasteiger partial charge in [0.15, 0.2) is 5.11 Å². The SMILES string of the molecule is COc1ccc(C(=O)NC(=S)Nc2ccccc2C(=O)NC2CCCCC2)cc1. The highest BCUT2D eigenvalue weighted by atomic mass is 32.1. The first kappa shape index (κ1) is 20.8. The van der Waals surface area contributed by atoms with Crippen LogP contribution in [0.2, 0.25) is 0 Å². The Kier molecular flexibility index (Phi) is 7.19. The molecule has 0 aromatic heterocycles. The number of amides is 2. The van der Waals surface area contributed by atoms with Gasteiger partial charge in [0.2, 0.25) is 0 Å². The van der Waals surface area contributed by atoms with E-state index < -0.39 is 0 Å². The van der Waals surface area contributed by atoms with Crippen LogP contribution in [0.3, 0.4) is 0 Å². The fourth-order valence-electron chi connectivity index (χ4n) is 3.37. The van der Waals surface area contributed by atoms with Gasteiger partial charge in [0.1, 0.15) is 5.75 Å². The number of rotatable bonds is 5. The maximum absolute atomic E-state index is 12.7.